The van der Waals surface area contributed by atoms with Crippen molar-refractivity contribution in [3.8, 4) is 0 Å². The molecule has 2 fully saturated rings. The first-order valence-corrected chi connectivity index (χ1v) is 13.1. The Balaban J connectivity index is 1.78. The van der Waals surface area contributed by atoms with E-state index < -0.39 is 21.7 Å². The van der Waals surface area contributed by atoms with Crippen LogP contribution in [0.5, 0.6) is 0 Å². The molecular formula is C26H34NO5S+. The van der Waals surface area contributed by atoms with Gasteiger partial charge in [0.1, 0.15) is 6.54 Å². The summed E-state index contributed by atoms with van der Waals surface area (Å²) in [4.78, 5) is 14.0. The van der Waals surface area contributed by atoms with Crippen LogP contribution in [0.3, 0.4) is 0 Å². The molecule has 0 radical (unpaired) electrons. The zero-order valence-electron chi connectivity index (χ0n) is 19.7. The summed E-state index contributed by atoms with van der Waals surface area (Å²) in [6.45, 7) is 3.50. The summed E-state index contributed by atoms with van der Waals surface area (Å²) in [5.41, 5.74) is -0.230. The van der Waals surface area contributed by atoms with Crippen LogP contribution in [0.1, 0.15) is 43.2 Å². The van der Waals surface area contributed by atoms with E-state index in [0.717, 1.165) is 35.9 Å². The number of rotatable bonds is 7. The largest absolute Gasteiger partial charge is 0.454 e. The van der Waals surface area contributed by atoms with Crippen molar-refractivity contribution in [1.29, 1.82) is 0 Å². The van der Waals surface area contributed by atoms with Gasteiger partial charge in [-0.3, -0.25) is 0 Å². The maximum atomic E-state index is 14.0. The fourth-order valence-electron chi connectivity index (χ4n) is 5.18. The Morgan fingerprint density at radius 1 is 0.970 bits per heavy atom. The SMILES string of the molecule is Cc1ccc(S(=O)(=O)O[C@@](C(=O)O[C@H]2CC[N+](C)(C)C2)(c2ccccc2)C2CCCC2)cc1. The molecule has 7 heteroatoms. The van der Waals surface area contributed by atoms with Crippen LogP contribution in [-0.4, -0.2) is 52.2 Å². The number of hydrogen-bond acceptors (Lipinski definition) is 5. The number of hydrogen-bond donors (Lipinski definition) is 0. The molecule has 1 saturated carbocycles. The Labute approximate surface area is 197 Å². The van der Waals surface area contributed by atoms with Gasteiger partial charge in [-0.05, 0) is 37.5 Å². The first kappa shape index (κ1) is 23.9. The second-order valence-electron chi connectivity index (χ2n) is 10.1. The van der Waals surface area contributed by atoms with Crippen molar-refractivity contribution in [2.75, 3.05) is 27.2 Å². The second kappa shape index (κ2) is 9.20. The Morgan fingerprint density at radius 2 is 1.61 bits per heavy atom. The van der Waals surface area contributed by atoms with Gasteiger partial charge in [0.25, 0.3) is 10.1 Å². The van der Waals surface area contributed by atoms with Crippen molar-refractivity contribution in [2.24, 2.45) is 5.92 Å². The molecule has 0 aromatic heterocycles. The summed E-state index contributed by atoms with van der Waals surface area (Å²) in [6, 6.07) is 15.5. The lowest BCUT2D eigenvalue weighted by Gasteiger charge is -2.37. The van der Waals surface area contributed by atoms with E-state index in [4.69, 9.17) is 8.92 Å². The number of carbonyl (C=O) groups is 1. The summed E-state index contributed by atoms with van der Waals surface area (Å²) < 4.78 is 39.8. The van der Waals surface area contributed by atoms with E-state index in [1.54, 1.807) is 24.3 Å². The Kier molecular flexibility index (Phi) is 6.67. The standard InChI is InChI=1S/C26H34NO5S/c1-20-13-15-24(16-14-20)33(29,30)32-26(22-11-7-8-12-22,21-9-5-4-6-10-21)25(28)31-23-17-18-27(2,3)19-23/h4-6,9-10,13-16,22-23H,7-8,11-12,17-19H2,1-3H3/q+1/t23-,26-/m0/s1. The van der Waals surface area contributed by atoms with Crippen LogP contribution in [0.2, 0.25) is 0 Å². The monoisotopic (exact) mass is 472 g/mol. The highest BCUT2D eigenvalue weighted by molar-refractivity contribution is 7.86. The number of likely N-dealkylation sites (tertiary alicyclic amines) is 1. The van der Waals surface area contributed by atoms with Gasteiger partial charge >= 0.3 is 5.97 Å². The molecule has 33 heavy (non-hydrogen) atoms. The summed E-state index contributed by atoms with van der Waals surface area (Å²) in [5, 5.41) is 0. The molecule has 2 atom stereocenters. The van der Waals surface area contributed by atoms with Crippen LogP contribution in [0.4, 0.5) is 0 Å². The minimum atomic E-state index is -4.23. The zero-order chi connectivity index (χ0) is 23.7. The van der Waals surface area contributed by atoms with Crippen molar-refractivity contribution < 1.29 is 26.6 Å². The highest BCUT2D eigenvalue weighted by atomic mass is 32.2. The smallest absolute Gasteiger partial charge is 0.345 e. The molecule has 178 valence electrons. The summed E-state index contributed by atoms with van der Waals surface area (Å²) >= 11 is 0. The first-order valence-electron chi connectivity index (χ1n) is 11.7. The van der Waals surface area contributed by atoms with Crippen LogP contribution in [0.15, 0.2) is 59.5 Å². The average Bonchev–Trinajstić information content (AvgIpc) is 3.43. The van der Waals surface area contributed by atoms with Crippen LogP contribution < -0.4 is 0 Å². The molecule has 1 saturated heterocycles. The number of likely N-dealkylation sites (N-methyl/N-ethyl adjacent to an activating group) is 1. The van der Waals surface area contributed by atoms with E-state index in [9.17, 15) is 13.2 Å². The topological polar surface area (TPSA) is 69.7 Å². The summed E-state index contributed by atoms with van der Waals surface area (Å²) in [5.74, 6) is -0.875. The van der Waals surface area contributed by atoms with E-state index in [1.165, 1.54) is 12.1 Å². The molecule has 0 unspecified atom stereocenters. The van der Waals surface area contributed by atoms with Crippen LogP contribution in [0, 0.1) is 12.8 Å². The quantitative estimate of drug-likeness (QED) is 0.344. The van der Waals surface area contributed by atoms with E-state index in [-0.39, 0.29) is 16.9 Å². The zero-order valence-corrected chi connectivity index (χ0v) is 20.5. The Morgan fingerprint density at radius 3 is 2.18 bits per heavy atom. The third-order valence-corrected chi connectivity index (χ3v) is 8.35. The van der Waals surface area contributed by atoms with Gasteiger partial charge in [-0.1, -0.05) is 60.9 Å². The van der Waals surface area contributed by atoms with Crippen molar-refractivity contribution >= 4 is 16.1 Å². The molecule has 1 aliphatic heterocycles. The molecule has 2 aromatic rings. The lowest BCUT2D eigenvalue weighted by Crippen LogP contribution is -2.49. The van der Waals surface area contributed by atoms with Gasteiger partial charge in [0.2, 0.25) is 5.60 Å². The number of carbonyl (C=O) groups excluding carboxylic acids is 1. The predicted molar refractivity (Wildman–Crippen MR) is 126 cm³/mol. The van der Waals surface area contributed by atoms with Crippen molar-refractivity contribution in [3.63, 3.8) is 0 Å². The van der Waals surface area contributed by atoms with Crippen LogP contribution >= 0.6 is 0 Å². The Hall–Kier alpha value is -2.22. The third-order valence-electron chi connectivity index (χ3n) is 7.01. The van der Waals surface area contributed by atoms with Crippen molar-refractivity contribution in [2.45, 2.75) is 55.6 Å². The fourth-order valence-corrected chi connectivity index (χ4v) is 6.39. The molecule has 0 amide bonds. The molecule has 4 rings (SSSR count). The number of nitrogens with zero attached hydrogens (tertiary/aromatic N) is 1. The molecule has 2 aliphatic rings. The van der Waals surface area contributed by atoms with Gasteiger partial charge < -0.3 is 9.22 Å². The maximum Gasteiger partial charge on any atom is 0.345 e. The van der Waals surface area contributed by atoms with Gasteiger partial charge in [0, 0.05) is 12.3 Å². The highest BCUT2D eigenvalue weighted by Gasteiger charge is 2.55. The Bertz CT molecular complexity index is 1080. The number of benzene rings is 2. The van der Waals surface area contributed by atoms with Crippen LogP contribution in [0.25, 0.3) is 0 Å². The number of quaternary nitrogens is 1. The number of aryl methyl sites for hydroxylation is 1. The van der Waals surface area contributed by atoms with Gasteiger partial charge in [0.05, 0.1) is 25.5 Å². The molecule has 1 heterocycles. The average molecular weight is 473 g/mol. The predicted octanol–water partition coefficient (Wildman–Crippen LogP) is 4.18. The van der Waals surface area contributed by atoms with Gasteiger partial charge in [0.15, 0.2) is 6.10 Å². The van der Waals surface area contributed by atoms with Gasteiger partial charge in [-0.25, -0.2) is 8.98 Å². The summed E-state index contributed by atoms with van der Waals surface area (Å²) in [6.07, 6.45) is 3.75. The lowest BCUT2D eigenvalue weighted by atomic mass is 9.80. The maximum absolute atomic E-state index is 14.0. The van der Waals surface area contributed by atoms with E-state index in [2.05, 4.69) is 14.1 Å². The molecule has 1 aliphatic carbocycles. The number of esters is 1. The van der Waals surface area contributed by atoms with Crippen molar-refractivity contribution in [3.05, 3.63) is 65.7 Å². The molecular weight excluding hydrogens is 438 g/mol. The normalized spacial score (nSPS) is 22.7. The molecule has 0 N–H and O–H groups in total. The first-order chi connectivity index (χ1) is 15.6. The molecule has 0 spiro atoms. The van der Waals surface area contributed by atoms with Gasteiger partial charge in [-0.2, -0.15) is 8.42 Å². The van der Waals surface area contributed by atoms with E-state index in [0.29, 0.717) is 24.9 Å². The minimum absolute atomic E-state index is 0.0397. The molecule has 6 nitrogen and oxygen atoms in total. The van der Waals surface area contributed by atoms with Crippen LogP contribution in [-0.2, 0) is 29.4 Å². The van der Waals surface area contributed by atoms with Gasteiger partial charge in [-0.15, -0.1) is 0 Å². The third kappa shape index (κ3) is 5.00. The minimum Gasteiger partial charge on any atom is -0.454 e. The van der Waals surface area contributed by atoms with E-state index >= 15 is 0 Å². The van der Waals surface area contributed by atoms with Crippen molar-refractivity contribution in [1.82, 2.24) is 0 Å². The lowest BCUT2D eigenvalue weighted by molar-refractivity contribution is -0.879. The molecule has 2 aromatic carbocycles. The number of ether oxygens (including phenoxy) is 1. The van der Waals surface area contributed by atoms with E-state index in [1.807, 2.05) is 25.1 Å². The second-order valence-corrected chi connectivity index (χ2v) is 11.6. The summed E-state index contributed by atoms with van der Waals surface area (Å²) in [7, 11) is -0.0169. The fraction of sp³-hybridized carbons (Fsp3) is 0.500. The molecule has 0 bridgehead atoms. The highest BCUT2D eigenvalue weighted by Crippen LogP contribution is 2.46.